The molecule has 1 amide bonds. The molecule has 0 bridgehead atoms. The first-order valence-corrected chi connectivity index (χ1v) is 10.5. The highest BCUT2D eigenvalue weighted by molar-refractivity contribution is 5.96. The van der Waals surface area contributed by atoms with Crippen molar-refractivity contribution in [3.63, 3.8) is 0 Å². The fourth-order valence-corrected chi connectivity index (χ4v) is 4.66. The minimum Gasteiger partial charge on any atom is -0.367 e. The van der Waals surface area contributed by atoms with E-state index < -0.39 is 30.3 Å². The standard InChI is InChI=1S/C19H29FN8O2/c20-12-8-23-18(24-9-12)16(17(21)26-30)19(29)25-14-10-22-4-3-15(14)28-7-6-27-5-1-2-13(27)11-28/h3-4,10,12-13,16-18,23-24H,1-2,5-9,11,21H2,(H,25,29)/t12?,13-,16?,17?,18?/m0/s1. The molecule has 2 unspecified atom stereocenters. The molecule has 0 radical (unpaired) electrons. The molecule has 0 saturated carbocycles. The summed E-state index contributed by atoms with van der Waals surface area (Å²) >= 11 is 0. The first kappa shape index (κ1) is 21.0. The van der Waals surface area contributed by atoms with Crippen LogP contribution in [0.25, 0.3) is 0 Å². The second-order valence-corrected chi connectivity index (χ2v) is 8.17. The minimum atomic E-state index is -1.27. The van der Waals surface area contributed by atoms with Gasteiger partial charge in [-0.2, -0.15) is 0 Å². The highest BCUT2D eigenvalue weighted by atomic mass is 19.1. The smallest absolute Gasteiger partial charge is 0.234 e. The molecule has 3 atom stereocenters. The fraction of sp³-hybridized carbons (Fsp3) is 0.684. The van der Waals surface area contributed by atoms with Gasteiger partial charge in [-0.15, -0.1) is 4.91 Å². The zero-order valence-electron chi connectivity index (χ0n) is 16.8. The molecule has 0 aliphatic carbocycles. The second-order valence-electron chi connectivity index (χ2n) is 8.17. The number of nitrogens with two attached hydrogens (primary N) is 1. The Bertz CT molecular complexity index is 760. The summed E-state index contributed by atoms with van der Waals surface area (Å²) in [6, 6.07) is 2.41. The maximum absolute atomic E-state index is 13.4. The van der Waals surface area contributed by atoms with Crippen molar-refractivity contribution < 1.29 is 9.18 Å². The number of rotatable bonds is 6. The van der Waals surface area contributed by atoms with Crippen molar-refractivity contribution in [1.29, 1.82) is 0 Å². The van der Waals surface area contributed by atoms with E-state index in [4.69, 9.17) is 5.73 Å². The Morgan fingerprint density at radius 2 is 2.13 bits per heavy atom. The third-order valence-corrected chi connectivity index (χ3v) is 6.25. The Hall–Kier alpha value is -2.21. The number of hydrogen-bond acceptors (Lipinski definition) is 9. The predicted molar refractivity (Wildman–Crippen MR) is 112 cm³/mol. The Morgan fingerprint density at radius 3 is 2.90 bits per heavy atom. The number of aromatic nitrogens is 1. The molecule has 3 aliphatic rings. The summed E-state index contributed by atoms with van der Waals surface area (Å²) in [7, 11) is 0. The number of fused-ring (bicyclic) bond motifs is 1. The number of piperazine rings is 1. The Balaban J connectivity index is 1.50. The van der Waals surface area contributed by atoms with E-state index in [-0.39, 0.29) is 13.1 Å². The fourth-order valence-electron chi connectivity index (χ4n) is 4.66. The van der Waals surface area contributed by atoms with E-state index in [1.54, 1.807) is 12.4 Å². The lowest BCUT2D eigenvalue weighted by Gasteiger charge is -2.39. The van der Waals surface area contributed by atoms with Crippen LogP contribution in [0.2, 0.25) is 0 Å². The van der Waals surface area contributed by atoms with Crippen molar-refractivity contribution in [3.05, 3.63) is 23.4 Å². The van der Waals surface area contributed by atoms with Gasteiger partial charge in [-0.1, -0.05) is 5.18 Å². The molecule has 4 rings (SSSR count). The highest BCUT2D eigenvalue weighted by Crippen LogP contribution is 2.30. The number of alkyl halides is 1. The second kappa shape index (κ2) is 9.29. The van der Waals surface area contributed by atoms with Crippen molar-refractivity contribution in [1.82, 2.24) is 20.5 Å². The third-order valence-electron chi connectivity index (χ3n) is 6.25. The van der Waals surface area contributed by atoms with Gasteiger partial charge < -0.3 is 16.0 Å². The average molecular weight is 420 g/mol. The summed E-state index contributed by atoms with van der Waals surface area (Å²) in [6.45, 7) is 4.07. The van der Waals surface area contributed by atoms with Crippen LogP contribution in [-0.4, -0.2) is 79.6 Å². The number of hydrogen-bond donors (Lipinski definition) is 4. The molecular weight excluding hydrogens is 391 g/mol. The molecule has 10 nitrogen and oxygen atoms in total. The summed E-state index contributed by atoms with van der Waals surface area (Å²) < 4.78 is 13.4. The van der Waals surface area contributed by atoms with E-state index in [9.17, 15) is 14.1 Å². The lowest BCUT2D eigenvalue weighted by atomic mass is 9.99. The molecule has 1 aromatic rings. The third kappa shape index (κ3) is 4.43. The number of anilines is 2. The first-order chi connectivity index (χ1) is 14.6. The van der Waals surface area contributed by atoms with Crippen molar-refractivity contribution in [2.75, 3.05) is 49.5 Å². The van der Waals surface area contributed by atoms with E-state index in [0.29, 0.717) is 11.7 Å². The topological polar surface area (TPSA) is 128 Å². The lowest BCUT2D eigenvalue weighted by molar-refractivity contribution is -0.122. The van der Waals surface area contributed by atoms with Crippen LogP contribution < -0.4 is 26.6 Å². The summed E-state index contributed by atoms with van der Waals surface area (Å²) in [5, 5.41) is 11.5. The zero-order chi connectivity index (χ0) is 21.1. The van der Waals surface area contributed by atoms with E-state index in [2.05, 4.69) is 35.9 Å². The van der Waals surface area contributed by atoms with Crippen molar-refractivity contribution in [2.24, 2.45) is 16.8 Å². The number of halogens is 1. The van der Waals surface area contributed by atoms with Crippen molar-refractivity contribution in [2.45, 2.75) is 37.4 Å². The monoisotopic (exact) mass is 420 g/mol. The Morgan fingerprint density at radius 1 is 1.33 bits per heavy atom. The van der Waals surface area contributed by atoms with Gasteiger partial charge in [-0.05, 0) is 25.5 Å². The molecule has 3 aliphatic heterocycles. The van der Waals surface area contributed by atoms with Crippen LogP contribution in [0.4, 0.5) is 15.8 Å². The lowest BCUT2D eigenvalue weighted by Crippen LogP contribution is -2.62. The molecule has 30 heavy (non-hydrogen) atoms. The van der Waals surface area contributed by atoms with Crippen molar-refractivity contribution >= 4 is 17.3 Å². The largest absolute Gasteiger partial charge is 0.367 e. The molecule has 4 heterocycles. The van der Waals surface area contributed by atoms with Gasteiger partial charge in [-0.3, -0.25) is 25.3 Å². The molecule has 5 N–H and O–H groups in total. The van der Waals surface area contributed by atoms with Gasteiger partial charge >= 0.3 is 0 Å². The van der Waals surface area contributed by atoms with Gasteiger partial charge in [0.05, 0.1) is 23.7 Å². The molecule has 1 aromatic heterocycles. The van der Waals surface area contributed by atoms with E-state index >= 15 is 0 Å². The quantitative estimate of drug-likeness (QED) is 0.467. The number of nitrogens with one attached hydrogen (secondary N) is 3. The van der Waals surface area contributed by atoms with Crippen LogP contribution in [0.5, 0.6) is 0 Å². The molecule has 11 heteroatoms. The maximum atomic E-state index is 13.4. The molecular formula is C19H29FN8O2. The first-order valence-electron chi connectivity index (χ1n) is 10.5. The number of pyridine rings is 1. The van der Waals surface area contributed by atoms with E-state index in [1.165, 1.54) is 12.8 Å². The summed E-state index contributed by atoms with van der Waals surface area (Å²) in [5.74, 6) is -1.45. The van der Waals surface area contributed by atoms with Crippen LogP contribution >= 0.6 is 0 Å². The Labute approximate surface area is 174 Å². The van der Waals surface area contributed by atoms with Gasteiger partial charge in [0, 0.05) is 45.0 Å². The molecule has 3 saturated heterocycles. The van der Waals surface area contributed by atoms with Gasteiger partial charge in [-0.25, -0.2) is 4.39 Å². The molecule has 0 aromatic carbocycles. The summed E-state index contributed by atoms with van der Waals surface area (Å²) in [6.07, 6.45) is 2.72. The van der Waals surface area contributed by atoms with Gasteiger partial charge in [0.25, 0.3) is 0 Å². The van der Waals surface area contributed by atoms with E-state index in [0.717, 1.165) is 31.9 Å². The maximum Gasteiger partial charge on any atom is 0.234 e. The predicted octanol–water partition coefficient (Wildman–Crippen LogP) is -0.171. The molecule has 3 fully saturated rings. The van der Waals surface area contributed by atoms with Crippen molar-refractivity contribution in [3.8, 4) is 0 Å². The van der Waals surface area contributed by atoms with Gasteiger partial charge in [0.2, 0.25) is 5.91 Å². The van der Waals surface area contributed by atoms with Crippen LogP contribution in [0.15, 0.2) is 23.6 Å². The number of nitroso groups, excluding NO2 is 1. The summed E-state index contributed by atoms with van der Waals surface area (Å²) in [4.78, 5) is 33.1. The van der Waals surface area contributed by atoms with Crippen LogP contribution in [0.3, 0.4) is 0 Å². The van der Waals surface area contributed by atoms with Gasteiger partial charge in [0.1, 0.15) is 12.1 Å². The SMILES string of the molecule is NC(N=O)C(C(=O)Nc1cnccc1N1CCN2CCC[C@H]2C1)C1NCC(F)CN1. The normalized spacial score (nSPS) is 29.1. The highest BCUT2D eigenvalue weighted by Gasteiger charge is 2.38. The summed E-state index contributed by atoms with van der Waals surface area (Å²) in [5.41, 5.74) is 7.29. The molecule has 164 valence electrons. The zero-order valence-corrected chi connectivity index (χ0v) is 16.8. The van der Waals surface area contributed by atoms with Crippen LogP contribution in [0, 0.1) is 10.8 Å². The number of nitrogens with zero attached hydrogens (tertiary/aromatic N) is 4. The molecule has 0 spiro atoms. The van der Waals surface area contributed by atoms with Crippen LogP contribution in [0.1, 0.15) is 12.8 Å². The Kier molecular flexibility index (Phi) is 6.52. The average Bonchev–Trinajstić information content (AvgIpc) is 3.23. The number of carbonyl (C=O) groups is 1. The number of amides is 1. The number of carbonyl (C=O) groups excluding carboxylic acids is 1. The van der Waals surface area contributed by atoms with Gasteiger partial charge in [0.15, 0.2) is 6.17 Å². The minimum absolute atomic E-state index is 0.0802. The van der Waals surface area contributed by atoms with E-state index in [1.807, 2.05) is 6.07 Å². The van der Waals surface area contributed by atoms with Crippen LogP contribution in [-0.2, 0) is 4.79 Å².